The summed E-state index contributed by atoms with van der Waals surface area (Å²) in [5.74, 6) is -0.183. The van der Waals surface area contributed by atoms with Gasteiger partial charge in [0.05, 0.1) is 12.1 Å². The van der Waals surface area contributed by atoms with Crippen molar-refractivity contribution in [2.75, 3.05) is 13.1 Å². The van der Waals surface area contributed by atoms with E-state index in [2.05, 4.69) is 16.7 Å². The van der Waals surface area contributed by atoms with Crippen LogP contribution >= 0.6 is 0 Å². The smallest absolute Gasteiger partial charge is 0.240 e. The summed E-state index contributed by atoms with van der Waals surface area (Å²) in [6, 6.07) is 1.23. The lowest BCUT2D eigenvalue weighted by Crippen LogP contribution is -2.45. The first-order chi connectivity index (χ1) is 10.1. The van der Waals surface area contributed by atoms with Crippen LogP contribution in [0.1, 0.15) is 32.1 Å². The van der Waals surface area contributed by atoms with Gasteiger partial charge in [-0.25, -0.2) is 0 Å². The maximum absolute atomic E-state index is 12.1. The number of nitriles is 2. The third kappa shape index (κ3) is 5.28. The number of nitrogens with zero attached hydrogens (tertiary/aromatic N) is 3. The summed E-state index contributed by atoms with van der Waals surface area (Å²) in [6.07, 6.45) is 5.27. The van der Waals surface area contributed by atoms with Crippen LogP contribution < -0.4 is 16.4 Å². The van der Waals surface area contributed by atoms with Crippen LogP contribution in [0.2, 0.25) is 0 Å². The zero-order chi connectivity index (χ0) is 15.7. The normalized spacial score (nSPS) is 18.4. The summed E-state index contributed by atoms with van der Waals surface area (Å²) in [6.45, 7) is 1.16. The van der Waals surface area contributed by atoms with E-state index in [1.165, 1.54) is 0 Å². The number of carbonyl (C=O) groups excluding carboxylic acids is 1. The van der Waals surface area contributed by atoms with E-state index in [-0.39, 0.29) is 17.9 Å². The average Bonchev–Trinajstić information content (AvgIpc) is 2.94. The van der Waals surface area contributed by atoms with Crippen molar-refractivity contribution >= 4 is 11.9 Å². The fourth-order valence-corrected chi connectivity index (χ4v) is 2.30. The molecule has 114 valence electrons. The zero-order valence-electron chi connectivity index (χ0n) is 11.9. The molecule has 1 heterocycles. The molecule has 1 fully saturated rings. The molecule has 0 unspecified atom stereocenters. The van der Waals surface area contributed by atoms with Crippen molar-refractivity contribution in [3.8, 4) is 12.3 Å². The number of likely N-dealkylation sites (tertiary alicyclic amines) is 1. The monoisotopic (exact) mass is 291 g/mol. The Morgan fingerprint density at radius 2 is 2.24 bits per heavy atom. The topological polar surface area (TPSA) is 142 Å². The molecule has 8 nitrogen and oxygen atoms in total. The van der Waals surface area contributed by atoms with Crippen LogP contribution in [0.3, 0.4) is 0 Å². The number of carbonyl (C=O) groups is 1. The molecule has 1 saturated heterocycles. The first kappa shape index (κ1) is 16.7. The maximum atomic E-state index is 12.1. The number of rotatable bonds is 6. The Kier molecular flexibility index (Phi) is 6.99. The van der Waals surface area contributed by atoms with Crippen LogP contribution in [0, 0.1) is 28.2 Å². The van der Waals surface area contributed by atoms with Gasteiger partial charge in [-0.15, -0.1) is 0 Å². The highest BCUT2D eigenvalue weighted by molar-refractivity contribution is 5.82. The van der Waals surface area contributed by atoms with Crippen molar-refractivity contribution < 1.29 is 4.79 Å². The second kappa shape index (κ2) is 8.77. The molecule has 0 spiro atoms. The standard InChI is InChI=1S/C13H21N7O/c14-8-10-4-3-7-20(10)12(21)11(16)5-1-2-6-18-13(17)19-9-15/h10-11H,1-7,16H2,(H3,17,18,19)/t10-,11-/m0/s1. The fourth-order valence-electron chi connectivity index (χ4n) is 2.30. The van der Waals surface area contributed by atoms with Gasteiger partial charge >= 0.3 is 0 Å². The van der Waals surface area contributed by atoms with E-state index in [0.717, 1.165) is 25.7 Å². The van der Waals surface area contributed by atoms with Gasteiger partial charge < -0.3 is 16.0 Å². The fraction of sp³-hybridized carbons (Fsp3) is 0.692. The van der Waals surface area contributed by atoms with Gasteiger partial charge in [0.25, 0.3) is 0 Å². The van der Waals surface area contributed by atoms with Crippen LogP contribution in [0.15, 0.2) is 0 Å². The SMILES string of the molecule is N#CNC(=N)NCCCC[C@H](N)C(=O)N1CCC[C@H]1C#N. The molecule has 0 aromatic heterocycles. The van der Waals surface area contributed by atoms with Crippen molar-refractivity contribution in [1.82, 2.24) is 15.5 Å². The number of amides is 1. The first-order valence-electron chi connectivity index (χ1n) is 7.03. The molecule has 1 aliphatic rings. The number of hydrogen-bond acceptors (Lipinski definition) is 5. The molecular weight excluding hydrogens is 270 g/mol. The molecule has 0 aromatic rings. The minimum atomic E-state index is -0.573. The highest BCUT2D eigenvalue weighted by Gasteiger charge is 2.31. The lowest BCUT2D eigenvalue weighted by Gasteiger charge is -2.23. The lowest BCUT2D eigenvalue weighted by molar-refractivity contribution is -0.132. The minimum Gasteiger partial charge on any atom is -0.356 e. The van der Waals surface area contributed by atoms with Crippen LogP contribution in [-0.2, 0) is 4.79 Å². The van der Waals surface area contributed by atoms with Crippen molar-refractivity contribution in [3.63, 3.8) is 0 Å². The van der Waals surface area contributed by atoms with Crippen molar-refractivity contribution in [2.45, 2.75) is 44.2 Å². The van der Waals surface area contributed by atoms with Crippen molar-refractivity contribution in [1.29, 1.82) is 15.9 Å². The molecular formula is C13H21N7O. The van der Waals surface area contributed by atoms with Gasteiger partial charge in [0.1, 0.15) is 6.04 Å². The maximum Gasteiger partial charge on any atom is 0.240 e. The van der Waals surface area contributed by atoms with Crippen LogP contribution in [0.4, 0.5) is 0 Å². The van der Waals surface area contributed by atoms with Crippen LogP contribution in [0.5, 0.6) is 0 Å². The Bertz CT molecular complexity index is 450. The van der Waals surface area contributed by atoms with E-state index in [1.807, 2.05) is 0 Å². The lowest BCUT2D eigenvalue weighted by atomic mass is 10.1. The molecule has 0 aromatic carbocycles. The molecule has 0 radical (unpaired) electrons. The van der Waals surface area contributed by atoms with Gasteiger partial charge in [-0.05, 0) is 32.1 Å². The molecule has 1 rings (SSSR count). The zero-order valence-corrected chi connectivity index (χ0v) is 11.9. The number of nitrogens with two attached hydrogens (primary N) is 1. The van der Waals surface area contributed by atoms with E-state index in [9.17, 15) is 4.79 Å². The summed E-state index contributed by atoms with van der Waals surface area (Å²) < 4.78 is 0. The molecule has 21 heavy (non-hydrogen) atoms. The summed E-state index contributed by atoms with van der Waals surface area (Å²) in [4.78, 5) is 13.7. The predicted molar refractivity (Wildman–Crippen MR) is 76.7 cm³/mol. The number of nitrogens with one attached hydrogen (secondary N) is 3. The summed E-state index contributed by atoms with van der Waals surface area (Å²) in [5, 5.41) is 29.4. The van der Waals surface area contributed by atoms with Crippen molar-refractivity contribution in [3.05, 3.63) is 0 Å². The Balaban J connectivity index is 2.20. The van der Waals surface area contributed by atoms with E-state index < -0.39 is 6.04 Å². The second-order valence-electron chi connectivity index (χ2n) is 4.96. The Hall–Kier alpha value is -2.32. The van der Waals surface area contributed by atoms with Gasteiger partial charge in [0, 0.05) is 13.1 Å². The van der Waals surface area contributed by atoms with E-state index in [4.69, 9.17) is 21.7 Å². The Labute approximate surface area is 124 Å². The molecule has 0 saturated carbocycles. The molecule has 1 aliphatic heterocycles. The Morgan fingerprint density at radius 1 is 1.48 bits per heavy atom. The molecule has 2 atom stereocenters. The molecule has 0 aliphatic carbocycles. The quantitative estimate of drug-likeness (QED) is 0.172. The highest BCUT2D eigenvalue weighted by Crippen LogP contribution is 2.18. The summed E-state index contributed by atoms with van der Waals surface area (Å²) in [7, 11) is 0. The average molecular weight is 291 g/mol. The largest absolute Gasteiger partial charge is 0.356 e. The molecule has 1 amide bonds. The third-order valence-corrected chi connectivity index (χ3v) is 3.43. The predicted octanol–water partition coefficient (Wildman–Crippen LogP) is -0.406. The van der Waals surface area contributed by atoms with Crippen LogP contribution in [-0.4, -0.2) is 41.9 Å². The highest BCUT2D eigenvalue weighted by atomic mass is 16.2. The van der Waals surface area contributed by atoms with E-state index >= 15 is 0 Å². The summed E-state index contributed by atoms with van der Waals surface area (Å²) >= 11 is 0. The Morgan fingerprint density at radius 3 is 2.90 bits per heavy atom. The second-order valence-corrected chi connectivity index (χ2v) is 4.96. The number of hydrogen-bond donors (Lipinski definition) is 4. The van der Waals surface area contributed by atoms with Gasteiger partial charge in [0.15, 0.2) is 6.19 Å². The number of guanidine groups is 1. The molecule has 8 heteroatoms. The van der Waals surface area contributed by atoms with Crippen LogP contribution in [0.25, 0.3) is 0 Å². The molecule has 5 N–H and O–H groups in total. The first-order valence-corrected chi connectivity index (χ1v) is 7.03. The van der Waals surface area contributed by atoms with E-state index in [0.29, 0.717) is 19.5 Å². The van der Waals surface area contributed by atoms with Gasteiger partial charge in [-0.3, -0.25) is 15.5 Å². The number of unbranched alkanes of at least 4 members (excludes halogenated alkanes) is 1. The third-order valence-electron chi connectivity index (χ3n) is 3.43. The minimum absolute atomic E-state index is 0.0354. The van der Waals surface area contributed by atoms with Gasteiger partial charge in [-0.1, -0.05) is 0 Å². The van der Waals surface area contributed by atoms with Crippen molar-refractivity contribution in [2.24, 2.45) is 5.73 Å². The van der Waals surface area contributed by atoms with E-state index in [1.54, 1.807) is 11.1 Å². The van der Waals surface area contributed by atoms with Gasteiger partial charge in [0.2, 0.25) is 11.9 Å². The summed E-state index contributed by atoms with van der Waals surface area (Å²) in [5.41, 5.74) is 5.89. The molecule has 0 bridgehead atoms. The van der Waals surface area contributed by atoms with Gasteiger partial charge in [-0.2, -0.15) is 10.5 Å².